The minimum atomic E-state index is -0.146. The molecule has 5 nitrogen and oxygen atoms in total. The topological polar surface area (TPSA) is 62.5 Å². The maximum Gasteiger partial charge on any atom is 0.229 e. The van der Waals surface area contributed by atoms with Crippen molar-refractivity contribution in [2.24, 2.45) is 11.1 Å². The van der Waals surface area contributed by atoms with Gasteiger partial charge in [-0.25, -0.2) is 0 Å². The number of hydrogen-bond donors (Lipinski definition) is 1. The lowest BCUT2D eigenvalue weighted by Gasteiger charge is -2.38. The van der Waals surface area contributed by atoms with Gasteiger partial charge in [-0.05, 0) is 63.0 Å². The molecule has 2 aliphatic rings. The fourth-order valence-corrected chi connectivity index (χ4v) is 4.59. The van der Waals surface area contributed by atoms with Crippen molar-refractivity contribution in [3.63, 3.8) is 0 Å². The summed E-state index contributed by atoms with van der Waals surface area (Å²) >= 11 is 0. The minimum absolute atomic E-state index is 0.0825. The number of benzene rings is 1. The van der Waals surface area contributed by atoms with Gasteiger partial charge in [-0.2, -0.15) is 0 Å². The van der Waals surface area contributed by atoms with Crippen LogP contribution in [0.5, 0.6) is 0 Å². The number of aromatic nitrogens is 1. The molecule has 1 aromatic heterocycles. The van der Waals surface area contributed by atoms with Gasteiger partial charge in [0.1, 0.15) is 0 Å². The zero-order valence-electron chi connectivity index (χ0n) is 16.5. The molecule has 0 unspecified atom stereocenters. The zero-order valence-corrected chi connectivity index (χ0v) is 16.5. The number of hydrogen-bond acceptors (Lipinski definition) is 4. The quantitative estimate of drug-likeness (QED) is 0.839. The predicted molar refractivity (Wildman–Crippen MR) is 110 cm³/mol. The Balaban J connectivity index is 1.27. The summed E-state index contributed by atoms with van der Waals surface area (Å²) in [5, 5.41) is 0. The summed E-state index contributed by atoms with van der Waals surface area (Å²) in [6.07, 6.45) is 5.66. The summed E-state index contributed by atoms with van der Waals surface area (Å²) in [4.78, 5) is 22.0. The Morgan fingerprint density at radius 3 is 2.43 bits per heavy atom. The lowest BCUT2D eigenvalue weighted by atomic mass is 9.77. The van der Waals surface area contributed by atoms with Gasteiger partial charge < -0.3 is 15.5 Å². The van der Waals surface area contributed by atoms with E-state index in [0.29, 0.717) is 12.5 Å². The molecular formula is C23H30N4O. The van der Waals surface area contributed by atoms with Crippen LogP contribution in [0.2, 0.25) is 0 Å². The Morgan fingerprint density at radius 1 is 1.00 bits per heavy atom. The molecule has 2 aromatic rings. The van der Waals surface area contributed by atoms with Crippen LogP contribution in [-0.4, -0.2) is 46.9 Å². The van der Waals surface area contributed by atoms with E-state index in [0.717, 1.165) is 57.6 Å². The smallest absolute Gasteiger partial charge is 0.229 e. The second-order valence-corrected chi connectivity index (χ2v) is 8.23. The summed E-state index contributed by atoms with van der Waals surface area (Å²) in [6.45, 7) is 4.47. The Labute approximate surface area is 167 Å². The highest BCUT2D eigenvalue weighted by molar-refractivity contribution is 5.85. The van der Waals surface area contributed by atoms with E-state index in [1.165, 1.54) is 5.56 Å². The van der Waals surface area contributed by atoms with E-state index in [1.807, 2.05) is 41.3 Å². The van der Waals surface area contributed by atoms with Gasteiger partial charge in [0.25, 0.3) is 0 Å². The Bertz CT molecular complexity index is 772. The second-order valence-electron chi connectivity index (χ2n) is 8.23. The van der Waals surface area contributed by atoms with E-state index >= 15 is 0 Å². The van der Waals surface area contributed by atoms with E-state index in [2.05, 4.69) is 22.0 Å². The largest absolute Gasteiger partial charge is 0.336 e. The summed E-state index contributed by atoms with van der Waals surface area (Å²) in [5.74, 6) is 0.332. The maximum atomic E-state index is 13.1. The maximum absolute atomic E-state index is 13.1. The molecule has 0 aliphatic carbocycles. The third kappa shape index (κ3) is 4.10. The molecule has 5 heteroatoms. The normalized spacial score (nSPS) is 20.6. The number of nitrogens with zero attached hydrogens (tertiary/aromatic N) is 3. The van der Waals surface area contributed by atoms with Gasteiger partial charge in [-0.1, -0.05) is 36.4 Å². The standard InChI is InChI=1S/C23H30N4O/c24-21(19-6-2-1-3-7-19)9-14-26-15-10-23(11-16-26)12-17-27(22(23)28)18-20-8-4-5-13-25-20/h1-8,13,21H,9-12,14-18,24H2/t21-/m0/s1. The van der Waals surface area contributed by atoms with Crippen LogP contribution in [0, 0.1) is 5.41 Å². The van der Waals surface area contributed by atoms with Crippen molar-refractivity contribution in [2.75, 3.05) is 26.2 Å². The fraction of sp³-hybridized carbons (Fsp3) is 0.478. The lowest BCUT2D eigenvalue weighted by Crippen LogP contribution is -2.45. The van der Waals surface area contributed by atoms with Gasteiger partial charge in [-0.3, -0.25) is 9.78 Å². The van der Waals surface area contributed by atoms with Gasteiger partial charge in [-0.15, -0.1) is 0 Å². The van der Waals surface area contributed by atoms with E-state index in [1.54, 1.807) is 6.20 Å². The Hall–Kier alpha value is -2.24. The van der Waals surface area contributed by atoms with Crippen molar-refractivity contribution in [1.82, 2.24) is 14.8 Å². The first-order valence-corrected chi connectivity index (χ1v) is 10.4. The highest BCUT2D eigenvalue weighted by atomic mass is 16.2. The van der Waals surface area contributed by atoms with Gasteiger partial charge in [0.05, 0.1) is 17.7 Å². The van der Waals surface area contributed by atoms with E-state index in [9.17, 15) is 4.79 Å². The number of amides is 1. The number of rotatable bonds is 6. The molecule has 3 heterocycles. The molecule has 1 aromatic carbocycles. The molecular weight excluding hydrogens is 348 g/mol. The first-order valence-electron chi connectivity index (χ1n) is 10.4. The first-order chi connectivity index (χ1) is 13.7. The van der Waals surface area contributed by atoms with E-state index < -0.39 is 0 Å². The second kappa shape index (κ2) is 8.41. The van der Waals surface area contributed by atoms with Crippen LogP contribution in [0.25, 0.3) is 0 Å². The van der Waals surface area contributed by atoms with Crippen LogP contribution in [0.4, 0.5) is 0 Å². The number of likely N-dealkylation sites (tertiary alicyclic amines) is 2. The van der Waals surface area contributed by atoms with E-state index in [-0.39, 0.29) is 11.5 Å². The molecule has 2 aliphatic heterocycles. The van der Waals surface area contributed by atoms with Gasteiger partial charge in [0.15, 0.2) is 0 Å². The molecule has 0 radical (unpaired) electrons. The molecule has 28 heavy (non-hydrogen) atoms. The van der Waals surface area contributed by atoms with Gasteiger partial charge in [0, 0.05) is 18.8 Å². The third-order valence-electron chi connectivity index (χ3n) is 6.48. The molecule has 2 fully saturated rings. The monoisotopic (exact) mass is 378 g/mol. The zero-order chi connectivity index (χ0) is 19.4. The van der Waals surface area contributed by atoms with Crippen molar-refractivity contribution in [3.05, 3.63) is 66.0 Å². The van der Waals surface area contributed by atoms with Crippen molar-refractivity contribution >= 4 is 5.91 Å². The van der Waals surface area contributed by atoms with Crippen molar-refractivity contribution < 1.29 is 4.79 Å². The van der Waals surface area contributed by atoms with Crippen LogP contribution in [0.3, 0.4) is 0 Å². The predicted octanol–water partition coefficient (Wildman–Crippen LogP) is 2.99. The number of pyridine rings is 1. The average Bonchev–Trinajstić information content (AvgIpc) is 3.04. The molecule has 1 amide bonds. The molecule has 148 valence electrons. The molecule has 2 N–H and O–H groups in total. The SMILES string of the molecule is N[C@@H](CCN1CCC2(CC1)CCN(Cc1ccccn1)C2=O)c1ccccc1. The summed E-state index contributed by atoms with van der Waals surface area (Å²) < 4.78 is 0. The minimum Gasteiger partial charge on any atom is -0.336 e. The summed E-state index contributed by atoms with van der Waals surface area (Å²) in [7, 11) is 0. The fourth-order valence-electron chi connectivity index (χ4n) is 4.59. The van der Waals surface area contributed by atoms with Crippen LogP contribution in [-0.2, 0) is 11.3 Å². The highest BCUT2D eigenvalue weighted by Crippen LogP contribution is 2.42. The van der Waals surface area contributed by atoms with Crippen molar-refractivity contribution in [3.8, 4) is 0 Å². The summed E-state index contributed by atoms with van der Waals surface area (Å²) in [5.41, 5.74) is 8.38. The summed E-state index contributed by atoms with van der Waals surface area (Å²) in [6, 6.07) is 16.3. The van der Waals surface area contributed by atoms with Gasteiger partial charge >= 0.3 is 0 Å². The molecule has 0 bridgehead atoms. The molecule has 2 saturated heterocycles. The third-order valence-corrected chi connectivity index (χ3v) is 6.48. The first kappa shape index (κ1) is 19.1. The van der Waals surface area contributed by atoms with Crippen LogP contribution >= 0.6 is 0 Å². The lowest BCUT2D eigenvalue weighted by molar-refractivity contribution is -0.138. The average molecular weight is 379 g/mol. The Kier molecular flexibility index (Phi) is 5.74. The molecule has 4 rings (SSSR count). The molecule has 0 saturated carbocycles. The van der Waals surface area contributed by atoms with E-state index in [4.69, 9.17) is 5.73 Å². The molecule has 1 atom stereocenters. The van der Waals surface area contributed by atoms with Crippen LogP contribution in [0.1, 0.15) is 43.0 Å². The van der Waals surface area contributed by atoms with Crippen molar-refractivity contribution in [1.29, 1.82) is 0 Å². The highest BCUT2D eigenvalue weighted by Gasteiger charge is 2.47. The Morgan fingerprint density at radius 2 is 1.71 bits per heavy atom. The number of piperidine rings is 1. The number of nitrogens with two attached hydrogens (primary N) is 1. The van der Waals surface area contributed by atoms with Crippen LogP contribution in [0.15, 0.2) is 54.7 Å². The van der Waals surface area contributed by atoms with Crippen LogP contribution < -0.4 is 5.73 Å². The number of carbonyl (C=O) groups excluding carboxylic acids is 1. The van der Waals surface area contributed by atoms with Crippen molar-refractivity contribution in [2.45, 2.75) is 38.3 Å². The molecule has 1 spiro atoms. The number of carbonyl (C=O) groups is 1. The van der Waals surface area contributed by atoms with Gasteiger partial charge in [0.2, 0.25) is 5.91 Å².